The van der Waals surface area contributed by atoms with Gasteiger partial charge in [-0.05, 0) is 55.0 Å². The van der Waals surface area contributed by atoms with Gasteiger partial charge in [-0.15, -0.1) is 0 Å². The van der Waals surface area contributed by atoms with Crippen LogP contribution in [0.25, 0.3) is 0 Å². The van der Waals surface area contributed by atoms with Crippen molar-refractivity contribution >= 4 is 45.2 Å². The molecule has 2 amide bonds. The molecule has 1 heterocycles. The highest BCUT2D eigenvalue weighted by atomic mass is 79.9. The predicted molar refractivity (Wildman–Crippen MR) is 94.5 cm³/mol. The summed E-state index contributed by atoms with van der Waals surface area (Å²) in [6.07, 6.45) is 0.975. The van der Waals surface area contributed by atoms with Gasteiger partial charge in [-0.2, -0.15) is 0 Å². The molecule has 1 atom stereocenters. The number of anilines is 1. The molecule has 4 nitrogen and oxygen atoms in total. The number of carbonyl (C=O) groups is 2. The van der Waals surface area contributed by atoms with Crippen LogP contribution in [0.15, 0.2) is 62.8 Å². The van der Waals surface area contributed by atoms with Gasteiger partial charge in [0.2, 0.25) is 11.8 Å². The maximum absolute atomic E-state index is 12.0. The van der Waals surface area contributed by atoms with Crippen molar-refractivity contribution in [1.82, 2.24) is 5.32 Å². The quantitative estimate of drug-likeness (QED) is 0.833. The normalized spacial score (nSPS) is 16.9. The van der Waals surface area contributed by atoms with Crippen LogP contribution >= 0.6 is 27.7 Å². The fraction of sp³-hybridized carbons (Fsp3) is 0.176. The van der Waals surface area contributed by atoms with Crippen molar-refractivity contribution in [3.8, 4) is 0 Å². The molecule has 2 aromatic rings. The number of benzene rings is 2. The monoisotopic (exact) mass is 390 g/mol. The first kappa shape index (κ1) is 16.1. The molecule has 23 heavy (non-hydrogen) atoms. The largest absolute Gasteiger partial charge is 0.344 e. The molecule has 2 N–H and O–H groups in total. The third kappa shape index (κ3) is 4.36. The topological polar surface area (TPSA) is 58.2 Å². The van der Waals surface area contributed by atoms with E-state index in [1.165, 1.54) is 0 Å². The summed E-state index contributed by atoms with van der Waals surface area (Å²) in [6, 6.07) is 15.4. The van der Waals surface area contributed by atoms with Crippen LogP contribution in [-0.4, -0.2) is 17.9 Å². The van der Waals surface area contributed by atoms with Gasteiger partial charge in [-0.3, -0.25) is 9.59 Å². The van der Waals surface area contributed by atoms with Crippen molar-refractivity contribution in [2.45, 2.75) is 28.7 Å². The maximum Gasteiger partial charge on any atom is 0.246 e. The lowest BCUT2D eigenvalue weighted by Gasteiger charge is -2.11. The summed E-state index contributed by atoms with van der Waals surface area (Å²) in [5.74, 6) is -0.226. The molecule has 1 saturated heterocycles. The van der Waals surface area contributed by atoms with Crippen LogP contribution in [0.2, 0.25) is 0 Å². The van der Waals surface area contributed by atoms with Gasteiger partial charge in [-0.25, -0.2) is 0 Å². The van der Waals surface area contributed by atoms with Gasteiger partial charge in [0.05, 0.1) is 0 Å². The SMILES string of the molecule is O=C1CC[C@H](C(=O)Nc2ccc(Sc3ccc(Br)cc3)cc2)N1. The molecule has 3 rings (SSSR count). The lowest BCUT2D eigenvalue weighted by Crippen LogP contribution is -2.37. The molecule has 1 fully saturated rings. The smallest absolute Gasteiger partial charge is 0.246 e. The van der Waals surface area contributed by atoms with Crippen LogP contribution in [0.5, 0.6) is 0 Å². The third-order valence-corrected chi connectivity index (χ3v) is 5.03. The average Bonchev–Trinajstić information content (AvgIpc) is 2.98. The van der Waals surface area contributed by atoms with Crippen LogP contribution in [0, 0.1) is 0 Å². The van der Waals surface area contributed by atoms with Gasteiger partial charge in [0.25, 0.3) is 0 Å². The lowest BCUT2D eigenvalue weighted by atomic mass is 10.2. The van der Waals surface area contributed by atoms with Crippen molar-refractivity contribution in [2.24, 2.45) is 0 Å². The molecule has 0 radical (unpaired) electrons. The van der Waals surface area contributed by atoms with E-state index in [1.807, 2.05) is 48.5 Å². The van der Waals surface area contributed by atoms with Crippen LogP contribution in [0.3, 0.4) is 0 Å². The summed E-state index contributed by atoms with van der Waals surface area (Å²) >= 11 is 5.08. The van der Waals surface area contributed by atoms with Crippen molar-refractivity contribution in [1.29, 1.82) is 0 Å². The van der Waals surface area contributed by atoms with Gasteiger partial charge >= 0.3 is 0 Å². The second kappa shape index (κ2) is 7.19. The number of halogens is 1. The first-order valence-corrected chi connectivity index (χ1v) is 8.85. The molecule has 1 aliphatic rings. The van der Waals surface area contributed by atoms with E-state index in [4.69, 9.17) is 0 Å². The Morgan fingerprint density at radius 1 is 1.09 bits per heavy atom. The Labute approximate surface area is 147 Å². The minimum atomic E-state index is -0.417. The number of hydrogen-bond donors (Lipinski definition) is 2. The zero-order chi connectivity index (χ0) is 16.2. The van der Waals surface area contributed by atoms with E-state index in [0.29, 0.717) is 12.8 Å². The molecule has 0 unspecified atom stereocenters. The van der Waals surface area contributed by atoms with Crippen molar-refractivity contribution < 1.29 is 9.59 Å². The Morgan fingerprint density at radius 2 is 1.70 bits per heavy atom. The standard InChI is InChI=1S/C17H15BrN2O2S/c18-11-1-5-13(6-2-11)23-14-7-3-12(4-8-14)19-17(22)15-9-10-16(21)20-15/h1-8,15H,9-10H2,(H,19,22)(H,20,21)/t15-/m1/s1. The number of rotatable bonds is 4. The highest BCUT2D eigenvalue weighted by Crippen LogP contribution is 2.29. The zero-order valence-electron chi connectivity index (χ0n) is 12.2. The minimum absolute atomic E-state index is 0.0635. The molecule has 0 aromatic heterocycles. The van der Waals surface area contributed by atoms with Crippen LogP contribution in [0.4, 0.5) is 5.69 Å². The van der Waals surface area contributed by atoms with Crippen LogP contribution < -0.4 is 10.6 Å². The summed E-state index contributed by atoms with van der Waals surface area (Å²) in [6.45, 7) is 0. The van der Waals surface area contributed by atoms with Gasteiger partial charge in [0.15, 0.2) is 0 Å². The molecule has 0 saturated carbocycles. The number of hydrogen-bond acceptors (Lipinski definition) is 3. The molecule has 6 heteroatoms. The molecule has 118 valence electrons. The van der Waals surface area contributed by atoms with Gasteiger partial charge in [0, 0.05) is 26.4 Å². The Morgan fingerprint density at radius 3 is 2.26 bits per heavy atom. The lowest BCUT2D eigenvalue weighted by molar-refractivity contribution is -0.122. The van der Waals surface area contributed by atoms with E-state index in [9.17, 15) is 9.59 Å². The van der Waals surface area contributed by atoms with E-state index in [1.54, 1.807) is 11.8 Å². The van der Waals surface area contributed by atoms with Crippen molar-refractivity contribution in [3.63, 3.8) is 0 Å². The second-order valence-corrected chi connectivity index (χ2v) is 7.29. The van der Waals surface area contributed by atoms with E-state index in [0.717, 1.165) is 20.0 Å². The Bertz CT molecular complexity index is 716. The molecular formula is C17H15BrN2O2S. The van der Waals surface area contributed by atoms with Crippen molar-refractivity contribution in [3.05, 3.63) is 53.0 Å². The Kier molecular flexibility index (Phi) is 5.03. The molecule has 1 aliphatic heterocycles. The Balaban J connectivity index is 1.59. The summed E-state index contributed by atoms with van der Waals surface area (Å²) in [5.41, 5.74) is 0.733. The van der Waals surface area contributed by atoms with E-state index in [2.05, 4.69) is 26.6 Å². The molecule has 0 spiro atoms. The van der Waals surface area contributed by atoms with E-state index in [-0.39, 0.29) is 11.8 Å². The molecule has 2 aromatic carbocycles. The highest BCUT2D eigenvalue weighted by molar-refractivity contribution is 9.10. The molecule has 0 aliphatic carbocycles. The fourth-order valence-corrected chi connectivity index (χ4v) is 3.37. The zero-order valence-corrected chi connectivity index (χ0v) is 14.6. The van der Waals surface area contributed by atoms with Crippen LogP contribution in [-0.2, 0) is 9.59 Å². The van der Waals surface area contributed by atoms with Crippen molar-refractivity contribution in [2.75, 3.05) is 5.32 Å². The number of nitrogens with one attached hydrogen (secondary N) is 2. The van der Waals surface area contributed by atoms with Gasteiger partial charge < -0.3 is 10.6 Å². The van der Waals surface area contributed by atoms with Crippen LogP contribution in [0.1, 0.15) is 12.8 Å². The number of amides is 2. The second-order valence-electron chi connectivity index (χ2n) is 5.23. The van der Waals surface area contributed by atoms with E-state index >= 15 is 0 Å². The Hall–Kier alpha value is -1.79. The minimum Gasteiger partial charge on any atom is -0.344 e. The van der Waals surface area contributed by atoms with Gasteiger partial charge in [0.1, 0.15) is 6.04 Å². The average molecular weight is 391 g/mol. The number of carbonyl (C=O) groups excluding carboxylic acids is 2. The molecular weight excluding hydrogens is 376 g/mol. The summed E-state index contributed by atoms with van der Waals surface area (Å²) in [4.78, 5) is 25.4. The summed E-state index contributed by atoms with van der Waals surface area (Å²) < 4.78 is 1.05. The third-order valence-electron chi connectivity index (χ3n) is 3.48. The highest BCUT2D eigenvalue weighted by Gasteiger charge is 2.26. The van der Waals surface area contributed by atoms with Gasteiger partial charge in [-0.1, -0.05) is 27.7 Å². The fourth-order valence-electron chi connectivity index (χ4n) is 2.29. The first-order valence-electron chi connectivity index (χ1n) is 7.24. The first-order chi connectivity index (χ1) is 11.1. The maximum atomic E-state index is 12.0. The summed E-state index contributed by atoms with van der Waals surface area (Å²) in [7, 11) is 0. The predicted octanol–water partition coefficient (Wildman–Crippen LogP) is 3.82. The summed E-state index contributed by atoms with van der Waals surface area (Å²) in [5, 5.41) is 5.50. The van der Waals surface area contributed by atoms with E-state index < -0.39 is 6.04 Å². The molecule has 0 bridgehead atoms.